The van der Waals surface area contributed by atoms with Gasteiger partial charge in [-0.15, -0.1) is 0 Å². The van der Waals surface area contributed by atoms with Crippen LogP contribution in [0.5, 0.6) is 0 Å². The zero-order chi connectivity index (χ0) is 18.9. The number of sulfonamides is 1. The summed E-state index contributed by atoms with van der Waals surface area (Å²) in [5, 5.41) is 0. The lowest BCUT2D eigenvalue weighted by Gasteiger charge is -2.54. The third-order valence-corrected chi connectivity index (χ3v) is 8.15. The number of carbonyl (C=O) groups excluding carboxylic acids is 1. The van der Waals surface area contributed by atoms with Crippen molar-refractivity contribution in [3.63, 3.8) is 0 Å². The van der Waals surface area contributed by atoms with E-state index in [0.29, 0.717) is 18.1 Å². The molecule has 27 heavy (non-hydrogen) atoms. The van der Waals surface area contributed by atoms with Crippen LogP contribution in [0.25, 0.3) is 0 Å². The van der Waals surface area contributed by atoms with E-state index in [-0.39, 0.29) is 23.3 Å². The maximum absolute atomic E-state index is 12.7. The number of piperidine rings is 1. The van der Waals surface area contributed by atoms with E-state index < -0.39 is 10.0 Å². The molecule has 1 spiro atoms. The minimum atomic E-state index is -3.49. The summed E-state index contributed by atoms with van der Waals surface area (Å²) in [4.78, 5) is 15.0. The van der Waals surface area contributed by atoms with Crippen molar-refractivity contribution in [1.82, 2.24) is 9.62 Å². The molecule has 1 saturated carbocycles. The van der Waals surface area contributed by atoms with Crippen molar-refractivity contribution in [2.45, 2.75) is 49.5 Å². The Labute approximate surface area is 161 Å². The summed E-state index contributed by atoms with van der Waals surface area (Å²) < 4.78 is 33.6. The van der Waals surface area contributed by atoms with E-state index in [4.69, 9.17) is 4.74 Å². The summed E-state index contributed by atoms with van der Waals surface area (Å²) >= 11 is 0. The first-order valence-electron chi connectivity index (χ1n) is 9.94. The van der Waals surface area contributed by atoms with E-state index in [1.54, 1.807) is 24.3 Å². The molecule has 7 heteroatoms. The monoisotopic (exact) mass is 392 g/mol. The molecule has 1 amide bonds. The highest BCUT2D eigenvalue weighted by Crippen LogP contribution is 2.49. The van der Waals surface area contributed by atoms with Crippen LogP contribution >= 0.6 is 0 Å². The van der Waals surface area contributed by atoms with E-state index in [2.05, 4.69) is 4.72 Å². The average Bonchev–Trinajstić information content (AvgIpc) is 2.72. The fourth-order valence-corrected chi connectivity index (χ4v) is 6.10. The molecule has 0 radical (unpaired) electrons. The molecule has 2 saturated heterocycles. The molecule has 2 aliphatic heterocycles. The molecule has 6 nitrogen and oxygen atoms in total. The third kappa shape index (κ3) is 3.77. The number of benzene rings is 1. The minimum Gasteiger partial charge on any atom is -0.381 e. The third-order valence-electron chi connectivity index (χ3n) is 6.66. The lowest BCUT2D eigenvalue weighted by Crippen LogP contribution is -2.59. The average molecular weight is 393 g/mol. The molecule has 2 heterocycles. The van der Waals surface area contributed by atoms with Crippen LogP contribution in [0.3, 0.4) is 0 Å². The summed E-state index contributed by atoms with van der Waals surface area (Å²) in [7, 11) is -3.49. The topological polar surface area (TPSA) is 75.7 Å². The normalized spacial score (nSPS) is 25.9. The first kappa shape index (κ1) is 18.9. The van der Waals surface area contributed by atoms with Crippen molar-refractivity contribution in [3.05, 3.63) is 30.3 Å². The number of hydrogen-bond acceptors (Lipinski definition) is 4. The Bertz CT molecular complexity index is 766. The van der Waals surface area contributed by atoms with Gasteiger partial charge in [-0.1, -0.05) is 18.2 Å². The van der Waals surface area contributed by atoms with Gasteiger partial charge in [-0.05, 0) is 56.1 Å². The van der Waals surface area contributed by atoms with Crippen molar-refractivity contribution in [2.24, 2.45) is 11.3 Å². The summed E-state index contributed by atoms with van der Waals surface area (Å²) in [5.74, 6) is 0.357. The predicted octanol–water partition coefficient (Wildman–Crippen LogP) is 2.16. The SMILES string of the molecule is O=C(C1CCOCC1)N1CCC2(CC[C@@H]2NS(=O)(=O)c2ccccc2)CC1. The van der Waals surface area contributed by atoms with Gasteiger partial charge in [-0.3, -0.25) is 4.79 Å². The van der Waals surface area contributed by atoms with Gasteiger partial charge in [0, 0.05) is 38.3 Å². The van der Waals surface area contributed by atoms with Gasteiger partial charge in [0.2, 0.25) is 15.9 Å². The molecule has 3 fully saturated rings. The Balaban J connectivity index is 1.36. The molecule has 1 aliphatic carbocycles. The zero-order valence-corrected chi connectivity index (χ0v) is 16.4. The van der Waals surface area contributed by atoms with Crippen LogP contribution in [0.4, 0.5) is 0 Å². The van der Waals surface area contributed by atoms with Crippen LogP contribution in [0.2, 0.25) is 0 Å². The number of hydrogen-bond donors (Lipinski definition) is 1. The van der Waals surface area contributed by atoms with Crippen molar-refractivity contribution in [2.75, 3.05) is 26.3 Å². The molecule has 148 valence electrons. The largest absolute Gasteiger partial charge is 0.381 e. The molecule has 1 aromatic rings. The van der Waals surface area contributed by atoms with Crippen molar-refractivity contribution < 1.29 is 17.9 Å². The predicted molar refractivity (Wildman–Crippen MR) is 102 cm³/mol. The van der Waals surface area contributed by atoms with Crippen LogP contribution in [-0.4, -0.2) is 51.6 Å². The molecular formula is C20H28N2O4S. The van der Waals surface area contributed by atoms with Gasteiger partial charge in [-0.2, -0.15) is 0 Å². The zero-order valence-electron chi connectivity index (χ0n) is 15.6. The molecule has 0 aromatic heterocycles. The number of carbonyl (C=O) groups is 1. The van der Waals surface area contributed by atoms with Gasteiger partial charge in [0.25, 0.3) is 0 Å². The van der Waals surface area contributed by atoms with Gasteiger partial charge in [-0.25, -0.2) is 13.1 Å². The number of nitrogens with zero attached hydrogens (tertiary/aromatic N) is 1. The molecule has 0 unspecified atom stereocenters. The lowest BCUT2D eigenvalue weighted by molar-refractivity contribution is -0.142. The molecular weight excluding hydrogens is 364 g/mol. The molecule has 3 aliphatic rings. The Morgan fingerprint density at radius 1 is 1.04 bits per heavy atom. The molecule has 4 rings (SSSR count). The molecule has 1 aromatic carbocycles. The smallest absolute Gasteiger partial charge is 0.240 e. The lowest BCUT2D eigenvalue weighted by atomic mass is 9.59. The van der Waals surface area contributed by atoms with Crippen molar-refractivity contribution in [1.29, 1.82) is 0 Å². The summed E-state index contributed by atoms with van der Waals surface area (Å²) in [6, 6.07) is 8.53. The number of likely N-dealkylation sites (tertiary alicyclic amines) is 1. The van der Waals surface area contributed by atoms with Crippen LogP contribution < -0.4 is 4.72 Å². The molecule has 1 N–H and O–H groups in total. The van der Waals surface area contributed by atoms with Crippen molar-refractivity contribution in [3.8, 4) is 0 Å². The fraction of sp³-hybridized carbons (Fsp3) is 0.650. The Hall–Kier alpha value is -1.44. The minimum absolute atomic E-state index is 0.00824. The summed E-state index contributed by atoms with van der Waals surface area (Å²) in [6.07, 6.45) is 5.31. The van der Waals surface area contributed by atoms with Gasteiger partial charge in [0.1, 0.15) is 0 Å². The number of amides is 1. The second kappa shape index (κ2) is 7.53. The van der Waals surface area contributed by atoms with Crippen molar-refractivity contribution >= 4 is 15.9 Å². The van der Waals surface area contributed by atoms with E-state index in [1.807, 2.05) is 11.0 Å². The molecule has 1 atom stereocenters. The van der Waals surface area contributed by atoms with Crippen LogP contribution in [-0.2, 0) is 19.6 Å². The standard InChI is InChI=1S/C20H28N2O4S/c23-19(16-7-14-26-15-8-16)22-12-10-20(11-13-22)9-6-18(20)21-27(24,25)17-4-2-1-3-5-17/h1-5,16,18,21H,6-15H2/t18-/m0/s1. The Morgan fingerprint density at radius 3 is 2.30 bits per heavy atom. The highest BCUT2D eigenvalue weighted by molar-refractivity contribution is 7.89. The first-order valence-corrected chi connectivity index (χ1v) is 11.4. The van der Waals surface area contributed by atoms with Crippen LogP contribution in [0, 0.1) is 11.3 Å². The number of rotatable bonds is 4. The fourth-order valence-electron chi connectivity index (χ4n) is 4.71. The van der Waals surface area contributed by atoms with Crippen LogP contribution in [0.15, 0.2) is 35.2 Å². The van der Waals surface area contributed by atoms with Gasteiger partial charge in [0.05, 0.1) is 4.90 Å². The highest BCUT2D eigenvalue weighted by Gasteiger charge is 2.50. The highest BCUT2D eigenvalue weighted by atomic mass is 32.2. The maximum Gasteiger partial charge on any atom is 0.240 e. The van der Waals surface area contributed by atoms with Gasteiger partial charge < -0.3 is 9.64 Å². The summed E-state index contributed by atoms with van der Waals surface area (Å²) in [6.45, 7) is 2.83. The van der Waals surface area contributed by atoms with Gasteiger partial charge >= 0.3 is 0 Å². The van der Waals surface area contributed by atoms with E-state index in [9.17, 15) is 13.2 Å². The Kier molecular flexibility index (Phi) is 5.27. The number of ether oxygens (including phenoxy) is 1. The molecule has 0 bridgehead atoms. The number of nitrogens with one attached hydrogen (secondary N) is 1. The Morgan fingerprint density at radius 2 is 1.70 bits per heavy atom. The quantitative estimate of drug-likeness (QED) is 0.852. The van der Waals surface area contributed by atoms with E-state index in [1.165, 1.54) is 0 Å². The second-order valence-electron chi connectivity index (χ2n) is 8.10. The maximum atomic E-state index is 12.7. The van der Waals surface area contributed by atoms with Crippen LogP contribution in [0.1, 0.15) is 38.5 Å². The van der Waals surface area contributed by atoms with Gasteiger partial charge in [0.15, 0.2) is 0 Å². The second-order valence-corrected chi connectivity index (χ2v) is 9.81. The van der Waals surface area contributed by atoms with E-state index >= 15 is 0 Å². The summed E-state index contributed by atoms with van der Waals surface area (Å²) in [5.41, 5.74) is 0.00824. The first-order chi connectivity index (χ1) is 13.0. The van der Waals surface area contributed by atoms with E-state index in [0.717, 1.165) is 51.6 Å².